The topological polar surface area (TPSA) is 102 Å². The van der Waals surface area contributed by atoms with Crippen molar-refractivity contribution in [3.05, 3.63) is 23.7 Å². The van der Waals surface area contributed by atoms with Gasteiger partial charge in [-0.15, -0.1) is 0 Å². The number of aromatic amines is 1. The molecule has 0 radical (unpaired) electrons. The van der Waals surface area contributed by atoms with Crippen LogP contribution in [-0.2, 0) is 6.42 Å². The second-order valence-corrected chi connectivity index (χ2v) is 4.53. The quantitative estimate of drug-likeness (QED) is 0.778. The fourth-order valence-electron chi connectivity index (χ4n) is 1.83. The van der Waals surface area contributed by atoms with Crippen LogP contribution in [-0.4, -0.2) is 25.9 Å². The monoisotopic (exact) mass is 262 g/mol. The van der Waals surface area contributed by atoms with Gasteiger partial charge in [0.2, 0.25) is 0 Å². The average Bonchev–Trinajstić information content (AvgIpc) is 2.95. The average molecular weight is 262 g/mol. The van der Waals surface area contributed by atoms with E-state index in [-0.39, 0.29) is 17.6 Å². The number of hydrogen-bond donors (Lipinski definition) is 3. The van der Waals surface area contributed by atoms with E-state index in [9.17, 15) is 4.79 Å². The maximum atomic E-state index is 12.1. The zero-order valence-electron chi connectivity index (χ0n) is 11.3. The predicted octanol–water partition coefficient (Wildman–Crippen LogP) is 1.58. The third-order valence-electron chi connectivity index (χ3n) is 2.85. The number of carbonyl (C=O) groups is 1. The molecule has 1 amide bonds. The normalized spacial score (nSPS) is 10.9. The number of amides is 1. The number of rotatable bonds is 4. The number of nitrogens with zero attached hydrogens (tertiary/aromatic N) is 3. The summed E-state index contributed by atoms with van der Waals surface area (Å²) in [6.45, 7) is 5.92. The molecule has 0 aromatic carbocycles. The van der Waals surface area contributed by atoms with Crippen molar-refractivity contribution in [2.45, 2.75) is 33.2 Å². The van der Waals surface area contributed by atoms with Crippen LogP contribution < -0.4 is 11.1 Å². The number of aryl methyl sites for hydroxylation is 1. The molecule has 0 saturated heterocycles. The van der Waals surface area contributed by atoms with Crippen molar-refractivity contribution in [3.8, 4) is 0 Å². The minimum absolute atomic E-state index is 0.160. The second-order valence-electron chi connectivity index (χ2n) is 4.53. The molecule has 0 spiro atoms. The molecule has 7 nitrogen and oxygen atoms in total. The summed E-state index contributed by atoms with van der Waals surface area (Å²) in [6.07, 6.45) is 2.34. The van der Waals surface area contributed by atoms with E-state index in [4.69, 9.17) is 5.73 Å². The van der Waals surface area contributed by atoms with Gasteiger partial charge in [-0.1, -0.05) is 6.92 Å². The highest BCUT2D eigenvalue weighted by molar-refractivity contribution is 6.06. The summed E-state index contributed by atoms with van der Waals surface area (Å²) < 4.78 is 1.72. The first kappa shape index (κ1) is 13.1. The minimum atomic E-state index is -0.337. The maximum Gasteiger partial charge on any atom is 0.279 e. The Morgan fingerprint density at radius 3 is 2.89 bits per heavy atom. The van der Waals surface area contributed by atoms with Gasteiger partial charge in [-0.05, 0) is 20.3 Å². The predicted molar refractivity (Wildman–Crippen MR) is 72.9 cm³/mol. The highest BCUT2D eigenvalue weighted by Gasteiger charge is 2.18. The molecule has 0 aliphatic heterocycles. The fourth-order valence-corrected chi connectivity index (χ4v) is 1.83. The molecule has 0 fully saturated rings. The van der Waals surface area contributed by atoms with Crippen molar-refractivity contribution in [1.82, 2.24) is 20.0 Å². The number of anilines is 2. The molecule has 102 valence electrons. The molecular formula is C12H18N6O. The van der Waals surface area contributed by atoms with Gasteiger partial charge in [0.15, 0.2) is 5.69 Å². The van der Waals surface area contributed by atoms with Gasteiger partial charge in [0.1, 0.15) is 5.82 Å². The highest BCUT2D eigenvalue weighted by atomic mass is 16.2. The SMILES string of the molecule is CCc1[nH]nc(C(=O)Nc2ccnn2C(C)C)c1N. The molecule has 2 heterocycles. The molecule has 0 saturated carbocycles. The smallest absolute Gasteiger partial charge is 0.279 e. The number of nitrogen functional groups attached to an aromatic ring is 1. The van der Waals surface area contributed by atoms with Crippen molar-refractivity contribution in [2.75, 3.05) is 11.1 Å². The Morgan fingerprint density at radius 1 is 1.58 bits per heavy atom. The summed E-state index contributed by atoms with van der Waals surface area (Å²) >= 11 is 0. The van der Waals surface area contributed by atoms with Crippen LogP contribution in [0.15, 0.2) is 12.3 Å². The number of nitrogens with two attached hydrogens (primary N) is 1. The summed E-state index contributed by atoms with van der Waals surface area (Å²) in [5.74, 6) is 0.288. The van der Waals surface area contributed by atoms with Crippen LogP contribution in [0.4, 0.5) is 11.5 Å². The maximum absolute atomic E-state index is 12.1. The largest absolute Gasteiger partial charge is 0.395 e. The Balaban J connectivity index is 2.21. The number of hydrogen-bond acceptors (Lipinski definition) is 4. The summed E-state index contributed by atoms with van der Waals surface area (Å²) in [7, 11) is 0. The van der Waals surface area contributed by atoms with Gasteiger partial charge in [0.25, 0.3) is 5.91 Å². The Labute approximate surface area is 111 Å². The van der Waals surface area contributed by atoms with Gasteiger partial charge in [0, 0.05) is 12.1 Å². The Morgan fingerprint density at radius 2 is 2.32 bits per heavy atom. The van der Waals surface area contributed by atoms with E-state index in [2.05, 4.69) is 20.6 Å². The molecule has 2 aromatic rings. The number of nitrogens with one attached hydrogen (secondary N) is 2. The van der Waals surface area contributed by atoms with Crippen molar-refractivity contribution < 1.29 is 4.79 Å². The van der Waals surface area contributed by atoms with Crippen LogP contribution in [0.2, 0.25) is 0 Å². The van der Waals surface area contributed by atoms with Gasteiger partial charge < -0.3 is 11.1 Å². The molecule has 0 bridgehead atoms. The van der Waals surface area contributed by atoms with E-state index in [1.165, 1.54) is 0 Å². The summed E-state index contributed by atoms with van der Waals surface area (Å²) in [4.78, 5) is 12.1. The molecule has 19 heavy (non-hydrogen) atoms. The third kappa shape index (κ3) is 2.44. The van der Waals surface area contributed by atoms with Crippen LogP contribution in [0.1, 0.15) is 43.0 Å². The highest BCUT2D eigenvalue weighted by Crippen LogP contribution is 2.18. The number of carbonyl (C=O) groups excluding carboxylic acids is 1. The molecule has 0 atom stereocenters. The van der Waals surface area contributed by atoms with Crippen LogP contribution in [0, 0.1) is 0 Å². The van der Waals surface area contributed by atoms with Crippen LogP contribution in [0.5, 0.6) is 0 Å². The van der Waals surface area contributed by atoms with E-state index in [0.717, 1.165) is 5.69 Å². The van der Waals surface area contributed by atoms with Gasteiger partial charge >= 0.3 is 0 Å². The summed E-state index contributed by atoms with van der Waals surface area (Å²) in [5, 5.41) is 13.6. The van der Waals surface area contributed by atoms with Crippen molar-refractivity contribution in [1.29, 1.82) is 0 Å². The lowest BCUT2D eigenvalue weighted by Gasteiger charge is -2.11. The van der Waals surface area contributed by atoms with Crippen LogP contribution >= 0.6 is 0 Å². The minimum Gasteiger partial charge on any atom is -0.395 e. The number of H-pyrrole nitrogens is 1. The lowest BCUT2D eigenvalue weighted by atomic mass is 10.2. The zero-order valence-corrected chi connectivity index (χ0v) is 11.3. The van der Waals surface area contributed by atoms with Gasteiger partial charge in [-0.3, -0.25) is 9.89 Å². The molecule has 2 aromatic heterocycles. The van der Waals surface area contributed by atoms with Crippen molar-refractivity contribution in [3.63, 3.8) is 0 Å². The number of aromatic nitrogens is 4. The Bertz CT molecular complexity index is 583. The lowest BCUT2D eigenvalue weighted by Crippen LogP contribution is -2.18. The molecular weight excluding hydrogens is 244 g/mol. The fraction of sp³-hybridized carbons (Fsp3) is 0.417. The molecule has 4 N–H and O–H groups in total. The first-order chi connectivity index (χ1) is 9.04. The molecule has 7 heteroatoms. The Hall–Kier alpha value is -2.31. The van der Waals surface area contributed by atoms with Gasteiger partial charge in [-0.2, -0.15) is 10.2 Å². The zero-order chi connectivity index (χ0) is 14.0. The third-order valence-corrected chi connectivity index (χ3v) is 2.85. The first-order valence-electron chi connectivity index (χ1n) is 6.22. The molecule has 0 aliphatic carbocycles. The van der Waals surface area contributed by atoms with Crippen molar-refractivity contribution in [2.24, 2.45) is 0 Å². The van der Waals surface area contributed by atoms with E-state index in [0.29, 0.717) is 17.9 Å². The molecule has 0 aliphatic rings. The van der Waals surface area contributed by atoms with Gasteiger partial charge in [-0.25, -0.2) is 4.68 Å². The summed E-state index contributed by atoms with van der Waals surface area (Å²) in [6, 6.07) is 1.90. The van der Waals surface area contributed by atoms with Crippen LogP contribution in [0.25, 0.3) is 0 Å². The van der Waals surface area contributed by atoms with E-state index >= 15 is 0 Å². The Kier molecular flexibility index (Phi) is 3.55. The standard InChI is InChI=1S/C12H18N6O/c1-4-8-10(13)11(17-16-8)12(19)15-9-5-6-14-18(9)7(2)3/h5-7H,4,13H2,1-3H3,(H,15,19)(H,16,17). The lowest BCUT2D eigenvalue weighted by molar-refractivity contribution is 0.102. The van der Waals surface area contributed by atoms with E-state index in [1.54, 1.807) is 16.9 Å². The summed E-state index contributed by atoms with van der Waals surface area (Å²) in [5.41, 5.74) is 7.25. The van der Waals surface area contributed by atoms with E-state index in [1.807, 2.05) is 20.8 Å². The molecule has 2 rings (SSSR count). The van der Waals surface area contributed by atoms with E-state index < -0.39 is 0 Å². The van der Waals surface area contributed by atoms with Crippen LogP contribution in [0.3, 0.4) is 0 Å². The first-order valence-corrected chi connectivity index (χ1v) is 6.22. The molecule has 0 unspecified atom stereocenters. The van der Waals surface area contributed by atoms with Gasteiger partial charge in [0.05, 0.1) is 17.6 Å². The van der Waals surface area contributed by atoms with Crippen molar-refractivity contribution >= 4 is 17.4 Å². The second kappa shape index (κ2) is 5.13.